The highest BCUT2D eigenvalue weighted by atomic mass is 127. The van der Waals surface area contributed by atoms with Crippen molar-refractivity contribution < 1.29 is 14.3 Å². The summed E-state index contributed by atoms with van der Waals surface area (Å²) in [5, 5.41) is 0. The summed E-state index contributed by atoms with van der Waals surface area (Å²) in [5.41, 5.74) is 2.04. The van der Waals surface area contributed by atoms with Crippen LogP contribution in [0.3, 0.4) is 0 Å². The number of amides is 1. The van der Waals surface area contributed by atoms with E-state index in [0.29, 0.717) is 5.75 Å². The van der Waals surface area contributed by atoms with Gasteiger partial charge < -0.3 is 9.47 Å². The molecular formula is C10H13IN2O3. The Morgan fingerprint density at radius 2 is 2.25 bits per heavy atom. The van der Waals surface area contributed by atoms with Crippen LogP contribution in [0.5, 0.6) is 5.75 Å². The predicted octanol–water partition coefficient (Wildman–Crippen LogP) is 0.675. The summed E-state index contributed by atoms with van der Waals surface area (Å²) >= 11 is 2.13. The third-order valence-electron chi connectivity index (χ3n) is 1.86. The van der Waals surface area contributed by atoms with Gasteiger partial charge in [-0.2, -0.15) is 0 Å². The van der Waals surface area contributed by atoms with Crippen molar-refractivity contribution in [2.75, 3.05) is 13.7 Å². The van der Waals surface area contributed by atoms with Gasteiger partial charge in [0.15, 0.2) is 0 Å². The summed E-state index contributed by atoms with van der Waals surface area (Å²) in [7, 11) is 1.50. The molecule has 16 heavy (non-hydrogen) atoms. The molecule has 0 bridgehead atoms. The fraction of sp³-hybridized carbons (Fsp3) is 0.300. The number of carbonyl (C=O) groups excluding carboxylic acids is 1. The molecule has 3 N–H and O–H groups in total. The lowest BCUT2D eigenvalue weighted by Gasteiger charge is -2.17. The van der Waals surface area contributed by atoms with Gasteiger partial charge in [-0.15, -0.1) is 0 Å². The zero-order valence-electron chi connectivity index (χ0n) is 8.77. The van der Waals surface area contributed by atoms with Gasteiger partial charge in [-0.25, -0.2) is 5.84 Å². The molecule has 0 spiro atoms. The van der Waals surface area contributed by atoms with E-state index in [1.165, 1.54) is 7.11 Å². The van der Waals surface area contributed by atoms with E-state index in [0.717, 1.165) is 3.57 Å². The number of halogens is 1. The number of nitrogens with two attached hydrogens (primary N) is 1. The smallest absolute Gasteiger partial charge is 0.277 e. The molecule has 0 fully saturated rings. The average molecular weight is 336 g/mol. The number of benzene rings is 1. The molecule has 6 heteroatoms. The second-order valence-corrected chi connectivity index (χ2v) is 4.16. The van der Waals surface area contributed by atoms with Crippen LogP contribution in [0.4, 0.5) is 0 Å². The molecule has 0 radical (unpaired) electrons. The molecule has 0 heterocycles. The normalized spacial score (nSPS) is 11.9. The van der Waals surface area contributed by atoms with Gasteiger partial charge in [-0.1, -0.05) is 12.1 Å². The minimum absolute atomic E-state index is 0.147. The third kappa shape index (κ3) is 3.62. The van der Waals surface area contributed by atoms with Crippen molar-refractivity contribution >= 4 is 28.5 Å². The Morgan fingerprint density at radius 1 is 1.56 bits per heavy atom. The highest BCUT2D eigenvalue weighted by Crippen LogP contribution is 2.20. The van der Waals surface area contributed by atoms with Gasteiger partial charge >= 0.3 is 0 Å². The molecule has 88 valence electrons. The number of hydrazine groups is 1. The summed E-state index contributed by atoms with van der Waals surface area (Å²) < 4.78 is 11.3. The van der Waals surface area contributed by atoms with E-state index in [2.05, 4.69) is 22.6 Å². The zero-order chi connectivity index (χ0) is 12.0. The molecule has 0 aliphatic heterocycles. The molecule has 0 aliphatic rings. The van der Waals surface area contributed by atoms with Gasteiger partial charge in [-0.3, -0.25) is 10.2 Å². The number of hydrogen-bond acceptors (Lipinski definition) is 4. The van der Waals surface area contributed by atoms with Crippen LogP contribution >= 0.6 is 22.6 Å². The van der Waals surface area contributed by atoms with E-state index in [4.69, 9.17) is 15.3 Å². The molecule has 1 aromatic rings. The first-order valence-corrected chi connectivity index (χ1v) is 5.67. The largest absolute Gasteiger partial charge is 0.477 e. The molecular weight excluding hydrogens is 323 g/mol. The lowest BCUT2D eigenvalue weighted by Crippen LogP contribution is -2.44. The summed E-state index contributed by atoms with van der Waals surface area (Å²) in [5.74, 6) is 5.28. The predicted molar refractivity (Wildman–Crippen MR) is 67.8 cm³/mol. The van der Waals surface area contributed by atoms with Crippen LogP contribution in [0.15, 0.2) is 24.3 Å². The number of nitrogens with one attached hydrogen (secondary N) is 1. The summed E-state index contributed by atoms with van der Waals surface area (Å²) in [4.78, 5) is 11.4. The van der Waals surface area contributed by atoms with E-state index in [-0.39, 0.29) is 6.61 Å². The first kappa shape index (κ1) is 13.2. The minimum atomic E-state index is -0.745. The first-order chi connectivity index (χ1) is 7.69. The Morgan fingerprint density at radius 3 is 2.81 bits per heavy atom. The van der Waals surface area contributed by atoms with Crippen molar-refractivity contribution in [3.63, 3.8) is 0 Å². The van der Waals surface area contributed by atoms with E-state index < -0.39 is 12.0 Å². The second-order valence-electron chi connectivity index (χ2n) is 3.00. The Bertz CT molecular complexity index is 360. The Balaban J connectivity index is 2.75. The first-order valence-electron chi connectivity index (χ1n) is 4.59. The quantitative estimate of drug-likeness (QED) is 0.359. The van der Waals surface area contributed by atoms with Crippen LogP contribution in [0.1, 0.15) is 0 Å². The van der Waals surface area contributed by atoms with Crippen LogP contribution in [0.2, 0.25) is 0 Å². The van der Waals surface area contributed by atoms with Crippen molar-refractivity contribution in [2.24, 2.45) is 5.84 Å². The maximum absolute atomic E-state index is 11.4. The number of carbonyl (C=O) groups is 1. The molecule has 0 saturated heterocycles. The van der Waals surface area contributed by atoms with Crippen LogP contribution in [0, 0.1) is 3.57 Å². The van der Waals surface area contributed by atoms with E-state index in [9.17, 15) is 4.79 Å². The Hall–Kier alpha value is -0.860. The monoisotopic (exact) mass is 336 g/mol. The minimum Gasteiger partial charge on any atom is -0.477 e. The maximum atomic E-state index is 11.4. The summed E-state index contributed by atoms with van der Waals surface area (Å²) in [6.07, 6.45) is -0.745. The topological polar surface area (TPSA) is 73.6 Å². The highest BCUT2D eigenvalue weighted by Gasteiger charge is 2.20. The fourth-order valence-corrected chi connectivity index (χ4v) is 1.62. The SMILES string of the molecule is COCC(Oc1ccccc1I)C(=O)NN. The zero-order valence-corrected chi connectivity index (χ0v) is 10.9. The molecule has 1 atom stereocenters. The molecule has 1 aromatic carbocycles. The molecule has 1 rings (SSSR count). The van der Waals surface area contributed by atoms with Crippen molar-refractivity contribution in [1.29, 1.82) is 0 Å². The van der Waals surface area contributed by atoms with Gasteiger partial charge in [0.05, 0.1) is 10.2 Å². The van der Waals surface area contributed by atoms with Crippen LogP contribution in [0.25, 0.3) is 0 Å². The highest BCUT2D eigenvalue weighted by molar-refractivity contribution is 14.1. The van der Waals surface area contributed by atoms with Crippen molar-refractivity contribution in [2.45, 2.75) is 6.10 Å². The van der Waals surface area contributed by atoms with Crippen molar-refractivity contribution in [3.05, 3.63) is 27.8 Å². The molecule has 0 saturated carbocycles. The summed E-state index contributed by atoms with van der Waals surface area (Å²) in [6, 6.07) is 7.40. The van der Waals surface area contributed by atoms with Crippen molar-refractivity contribution in [3.8, 4) is 5.75 Å². The average Bonchev–Trinajstić information content (AvgIpc) is 2.30. The molecule has 5 nitrogen and oxygen atoms in total. The lowest BCUT2D eigenvalue weighted by molar-refractivity contribution is -0.130. The number of methoxy groups -OCH3 is 1. The molecule has 0 aliphatic carbocycles. The Labute approximate surface area is 107 Å². The van der Waals surface area contributed by atoms with Gasteiger partial charge in [0.25, 0.3) is 5.91 Å². The van der Waals surface area contributed by atoms with Gasteiger partial charge in [-0.05, 0) is 34.7 Å². The molecule has 0 aromatic heterocycles. The van der Waals surface area contributed by atoms with Crippen molar-refractivity contribution in [1.82, 2.24) is 5.43 Å². The standard InChI is InChI=1S/C10H13IN2O3/c1-15-6-9(10(14)13-12)16-8-5-3-2-4-7(8)11/h2-5,9H,6,12H2,1H3,(H,13,14). The number of rotatable bonds is 5. The number of hydrogen-bond donors (Lipinski definition) is 2. The van der Waals surface area contributed by atoms with E-state index >= 15 is 0 Å². The molecule has 1 amide bonds. The van der Waals surface area contributed by atoms with Crippen LogP contribution < -0.4 is 16.0 Å². The van der Waals surface area contributed by atoms with Gasteiger partial charge in [0.2, 0.25) is 6.10 Å². The number of ether oxygens (including phenoxy) is 2. The summed E-state index contributed by atoms with van der Waals surface area (Å²) in [6.45, 7) is 0.147. The Kier molecular flexibility index (Phi) is 5.50. The lowest BCUT2D eigenvalue weighted by atomic mass is 10.3. The van der Waals surface area contributed by atoms with E-state index in [1.807, 2.05) is 23.6 Å². The second kappa shape index (κ2) is 6.66. The number of para-hydroxylation sites is 1. The van der Waals surface area contributed by atoms with Gasteiger partial charge in [0, 0.05) is 7.11 Å². The fourth-order valence-electron chi connectivity index (χ4n) is 1.10. The molecule has 1 unspecified atom stereocenters. The van der Waals surface area contributed by atoms with Crippen LogP contribution in [-0.2, 0) is 9.53 Å². The maximum Gasteiger partial charge on any atom is 0.277 e. The van der Waals surface area contributed by atoms with E-state index in [1.54, 1.807) is 6.07 Å². The van der Waals surface area contributed by atoms with Gasteiger partial charge in [0.1, 0.15) is 5.75 Å². The van der Waals surface area contributed by atoms with Crippen LogP contribution in [-0.4, -0.2) is 25.7 Å². The third-order valence-corrected chi connectivity index (χ3v) is 2.75.